The van der Waals surface area contributed by atoms with E-state index in [0.29, 0.717) is 32.5 Å². The van der Waals surface area contributed by atoms with Crippen LogP contribution in [-0.4, -0.2) is 55.8 Å². The van der Waals surface area contributed by atoms with E-state index in [1.54, 1.807) is 11.9 Å². The van der Waals surface area contributed by atoms with Crippen molar-refractivity contribution in [1.29, 1.82) is 0 Å². The van der Waals surface area contributed by atoms with E-state index in [1.165, 1.54) is 0 Å². The number of nitrogens with one attached hydrogen (secondary N) is 2. The summed E-state index contributed by atoms with van der Waals surface area (Å²) in [5.41, 5.74) is 0.990. The number of nitrogens with zero attached hydrogens (tertiary/aromatic N) is 1. The van der Waals surface area contributed by atoms with Crippen LogP contribution in [0, 0.1) is 16.7 Å². The average Bonchev–Trinajstić information content (AvgIpc) is 2.77. The molecule has 36 heavy (non-hydrogen) atoms. The first kappa shape index (κ1) is 29.5. The Kier molecular flexibility index (Phi) is 11.1. The first-order valence-corrected chi connectivity index (χ1v) is 13.0. The molecule has 1 aromatic rings. The number of ether oxygens (including phenoxy) is 2. The number of amides is 3. The largest absolute Gasteiger partial charge is 0.463 e. The second kappa shape index (κ2) is 13.5. The molecule has 1 aromatic carbocycles. The highest BCUT2D eigenvalue weighted by atomic mass is 16.5. The van der Waals surface area contributed by atoms with Crippen molar-refractivity contribution in [3.8, 4) is 0 Å². The molecule has 0 saturated heterocycles. The van der Waals surface area contributed by atoms with Crippen LogP contribution in [-0.2, 0) is 20.8 Å². The van der Waals surface area contributed by atoms with E-state index in [9.17, 15) is 14.4 Å². The second-order valence-corrected chi connectivity index (χ2v) is 11.6. The zero-order chi connectivity index (χ0) is 26.8. The van der Waals surface area contributed by atoms with Crippen LogP contribution in [0.5, 0.6) is 0 Å². The van der Waals surface area contributed by atoms with Crippen molar-refractivity contribution < 1.29 is 23.9 Å². The fourth-order valence-electron chi connectivity index (χ4n) is 5.49. The van der Waals surface area contributed by atoms with Gasteiger partial charge in [-0.3, -0.25) is 4.79 Å². The summed E-state index contributed by atoms with van der Waals surface area (Å²) in [6, 6.07) is 9.57. The van der Waals surface area contributed by atoms with Crippen LogP contribution in [0.4, 0.5) is 9.59 Å². The minimum atomic E-state index is -0.452. The molecule has 2 rings (SSSR count). The molecular formula is C28H45N3O5. The Morgan fingerprint density at radius 2 is 1.78 bits per heavy atom. The molecule has 0 aliphatic heterocycles. The van der Waals surface area contributed by atoms with E-state index in [4.69, 9.17) is 9.47 Å². The molecule has 3 amide bonds. The fraction of sp³-hybridized carbons (Fsp3) is 0.679. The van der Waals surface area contributed by atoms with Crippen LogP contribution in [0.15, 0.2) is 30.3 Å². The molecule has 0 aromatic heterocycles. The van der Waals surface area contributed by atoms with Gasteiger partial charge in [0.05, 0.1) is 12.7 Å². The van der Waals surface area contributed by atoms with E-state index in [1.807, 2.05) is 44.2 Å². The monoisotopic (exact) mass is 503 g/mol. The summed E-state index contributed by atoms with van der Waals surface area (Å²) in [6.07, 6.45) is 3.17. The second-order valence-electron chi connectivity index (χ2n) is 11.6. The first-order valence-electron chi connectivity index (χ1n) is 13.0. The number of carbonyl (C=O) groups excluding carboxylic acids is 3. The van der Waals surface area contributed by atoms with Crippen molar-refractivity contribution in [2.24, 2.45) is 16.7 Å². The molecular weight excluding hydrogens is 458 g/mol. The highest BCUT2D eigenvalue weighted by Gasteiger charge is 2.42. The third kappa shape index (κ3) is 10.9. The summed E-state index contributed by atoms with van der Waals surface area (Å²) in [6.45, 7) is 12.0. The van der Waals surface area contributed by atoms with Gasteiger partial charge in [-0.2, -0.15) is 0 Å². The Hall–Kier alpha value is -2.77. The molecule has 1 fully saturated rings. The lowest BCUT2D eigenvalue weighted by Crippen LogP contribution is -2.44. The summed E-state index contributed by atoms with van der Waals surface area (Å²) in [5.74, 6) is 0.0764. The Balaban J connectivity index is 1.69. The van der Waals surface area contributed by atoms with E-state index < -0.39 is 6.09 Å². The number of alkyl carbamates (subject to hydrolysis) is 1. The number of urea groups is 1. The third-order valence-electron chi connectivity index (χ3n) is 6.51. The zero-order valence-corrected chi connectivity index (χ0v) is 22.9. The van der Waals surface area contributed by atoms with E-state index in [2.05, 4.69) is 31.4 Å². The van der Waals surface area contributed by atoms with E-state index in [0.717, 1.165) is 24.8 Å². The minimum Gasteiger partial charge on any atom is -0.463 e. The van der Waals surface area contributed by atoms with Crippen LogP contribution >= 0.6 is 0 Å². The van der Waals surface area contributed by atoms with Crippen molar-refractivity contribution >= 4 is 18.1 Å². The standard InChI is InChI=1S/C28H45N3O5/c1-21(2)36-24(32)15-23-16-27(3,4)19-28(5,17-23)20-30-26(34)35-14-10-13-31(6)25(33)29-18-22-11-8-7-9-12-22/h7-9,11-12,21,23H,10,13-20H2,1-6H3,(H,29,33)(H,30,34). The molecule has 1 aliphatic carbocycles. The number of carbonyl (C=O) groups is 3. The fourth-order valence-corrected chi connectivity index (χ4v) is 5.49. The summed E-state index contributed by atoms with van der Waals surface area (Å²) in [5, 5.41) is 5.79. The number of hydrogen-bond donors (Lipinski definition) is 2. The van der Waals surface area contributed by atoms with E-state index >= 15 is 0 Å². The van der Waals surface area contributed by atoms with Gasteiger partial charge in [0, 0.05) is 33.1 Å². The van der Waals surface area contributed by atoms with Crippen LogP contribution in [0.3, 0.4) is 0 Å². The summed E-state index contributed by atoms with van der Waals surface area (Å²) in [7, 11) is 1.72. The van der Waals surface area contributed by atoms with Gasteiger partial charge in [0.1, 0.15) is 0 Å². The van der Waals surface area contributed by atoms with Crippen molar-refractivity contribution in [2.45, 2.75) is 79.4 Å². The van der Waals surface area contributed by atoms with Gasteiger partial charge in [0.25, 0.3) is 0 Å². The molecule has 2 unspecified atom stereocenters. The van der Waals surface area contributed by atoms with Gasteiger partial charge in [-0.15, -0.1) is 0 Å². The SMILES string of the molecule is CC(C)OC(=O)CC1CC(C)(C)CC(C)(CNC(=O)OCCCN(C)C(=O)NCc2ccccc2)C1. The molecule has 202 valence electrons. The normalized spacial score (nSPS) is 20.9. The van der Waals surface area contributed by atoms with Crippen LogP contribution in [0.2, 0.25) is 0 Å². The number of hydrogen-bond acceptors (Lipinski definition) is 5. The molecule has 0 radical (unpaired) electrons. The van der Waals surface area contributed by atoms with Crippen LogP contribution in [0.25, 0.3) is 0 Å². The minimum absolute atomic E-state index is 0.0764. The molecule has 1 aliphatic rings. The van der Waals surface area contributed by atoms with Crippen molar-refractivity contribution in [3.63, 3.8) is 0 Å². The van der Waals surface area contributed by atoms with Crippen LogP contribution < -0.4 is 10.6 Å². The van der Waals surface area contributed by atoms with Gasteiger partial charge in [-0.1, -0.05) is 51.1 Å². The molecule has 1 saturated carbocycles. The molecule has 2 atom stereocenters. The lowest BCUT2D eigenvalue weighted by atomic mass is 9.60. The molecule has 0 heterocycles. The number of esters is 1. The summed E-state index contributed by atoms with van der Waals surface area (Å²) >= 11 is 0. The Bertz CT molecular complexity index is 858. The Morgan fingerprint density at radius 1 is 1.08 bits per heavy atom. The number of benzene rings is 1. The Morgan fingerprint density at radius 3 is 2.44 bits per heavy atom. The topological polar surface area (TPSA) is 97.0 Å². The lowest BCUT2D eigenvalue weighted by Gasteiger charge is -2.46. The van der Waals surface area contributed by atoms with Gasteiger partial charge >= 0.3 is 18.1 Å². The Labute approximate surface area is 216 Å². The molecule has 8 heteroatoms. The smallest absolute Gasteiger partial charge is 0.407 e. The highest BCUT2D eigenvalue weighted by molar-refractivity contribution is 5.73. The van der Waals surface area contributed by atoms with Gasteiger partial charge in [-0.05, 0) is 61.8 Å². The maximum atomic E-state index is 12.3. The third-order valence-corrected chi connectivity index (χ3v) is 6.51. The van der Waals surface area contributed by atoms with Crippen LogP contribution in [0.1, 0.15) is 72.3 Å². The van der Waals surface area contributed by atoms with Gasteiger partial charge < -0.3 is 25.0 Å². The molecule has 2 N–H and O–H groups in total. The maximum Gasteiger partial charge on any atom is 0.407 e. The van der Waals surface area contributed by atoms with Gasteiger partial charge in [-0.25, -0.2) is 9.59 Å². The van der Waals surface area contributed by atoms with Crippen molar-refractivity contribution in [1.82, 2.24) is 15.5 Å². The highest BCUT2D eigenvalue weighted by Crippen LogP contribution is 2.49. The first-order chi connectivity index (χ1) is 16.9. The molecule has 0 spiro atoms. The maximum absolute atomic E-state index is 12.3. The molecule has 0 bridgehead atoms. The summed E-state index contributed by atoms with van der Waals surface area (Å²) in [4.78, 5) is 38.3. The zero-order valence-electron chi connectivity index (χ0n) is 22.9. The summed E-state index contributed by atoms with van der Waals surface area (Å²) < 4.78 is 10.7. The molecule has 8 nitrogen and oxygen atoms in total. The van der Waals surface area contributed by atoms with E-state index in [-0.39, 0.29) is 41.5 Å². The lowest BCUT2D eigenvalue weighted by molar-refractivity contribution is -0.149. The quantitative estimate of drug-likeness (QED) is 0.323. The average molecular weight is 504 g/mol. The van der Waals surface area contributed by atoms with Crippen molar-refractivity contribution in [3.05, 3.63) is 35.9 Å². The van der Waals surface area contributed by atoms with Crippen molar-refractivity contribution in [2.75, 3.05) is 26.7 Å². The van der Waals surface area contributed by atoms with Gasteiger partial charge in [0.2, 0.25) is 0 Å². The predicted molar refractivity (Wildman–Crippen MR) is 140 cm³/mol. The predicted octanol–water partition coefficient (Wildman–Crippen LogP) is 5.12. The number of rotatable bonds is 11. The van der Waals surface area contributed by atoms with Gasteiger partial charge in [0.15, 0.2) is 0 Å².